The summed E-state index contributed by atoms with van der Waals surface area (Å²) in [6.07, 6.45) is 4.00. The van der Waals surface area contributed by atoms with Crippen molar-refractivity contribution in [3.05, 3.63) is 28.5 Å². The molecule has 0 aliphatic carbocycles. The van der Waals surface area contributed by atoms with Gasteiger partial charge in [0.1, 0.15) is 11.2 Å². The molecule has 0 aromatic carbocycles. The number of pyridine rings is 1. The van der Waals surface area contributed by atoms with Gasteiger partial charge >= 0.3 is 0 Å². The fourth-order valence-electron chi connectivity index (χ4n) is 3.17. The van der Waals surface area contributed by atoms with Gasteiger partial charge in [0.25, 0.3) is 5.91 Å². The standard InChI is InChI=1S/C13H12BrN3O/c14-10-11-9(4-1-5-15-11)17-7-8-3-2-6-16(8)13(18)12(10)17/h1,4-5,8H,2-3,6-7H2/t8-/m1/s1. The summed E-state index contributed by atoms with van der Waals surface area (Å²) in [6, 6.07) is 4.33. The highest BCUT2D eigenvalue weighted by Gasteiger charge is 2.38. The van der Waals surface area contributed by atoms with Crippen LogP contribution in [0.1, 0.15) is 23.3 Å². The highest BCUT2D eigenvalue weighted by molar-refractivity contribution is 9.10. The molecular weight excluding hydrogens is 294 g/mol. The van der Waals surface area contributed by atoms with E-state index >= 15 is 0 Å². The molecule has 0 saturated carbocycles. The third kappa shape index (κ3) is 1.20. The second kappa shape index (κ2) is 3.57. The Morgan fingerprint density at radius 3 is 3.22 bits per heavy atom. The van der Waals surface area contributed by atoms with Crippen molar-refractivity contribution in [3.8, 4) is 0 Å². The van der Waals surface area contributed by atoms with Crippen LogP contribution in [0.15, 0.2) is 22.8 Å². The predicted octanol–water partition coefficient (Wildman–Crippen LogP) is 2.42. The molecule has 0 spiro atoms. The van der Waals surface area contributed by atoms with Crippen LogP contribution in [0.4, 0.5) is 0 Å². The van der Waals surface area contributed by atoms with Crippen LogP contribution < -0.4 is 0 Å². The van der Waals surface area contributed by atoms with Crippen molar-refractivity contribution in [2.75, 3.05) is 6.54 Å². The molecule has 1 amide bonds. The Labute approximate surface area is 113 Å². The number of fused-ring (bicyclic) bond motifs is 4. The topological polar surface area (TPSA) is 38.1 Å². The molecule has 2 aliphatic rings. The summed E-state index contributed by atoms with van der Waals surface area (Å²) in [6.45, 7) is 1.79. The Morgan fingerprint density at radius 2 is 2.33 bits per heavy atom. The summed E-state index contributed by atoms with van der Waals surface area (Å²) < 4.78 is 2.97. The highest BCUT2D eigenvalue weighted by atomic mass is 79.9. The fourth-order valence-corrected chi connectivity index (χ4v) is 3.86. The average molecular weight is 306 g/mol. The number of aromatic nitrogens is 2. The Hall–Kier alpha value is -1.36. The molecule has 0 N–H and O–H groups in total. The molecule has 92 valence electrons. The quantitative estimate of drug-likeness (QED) is 0.750. The lowest BCUT2D eigenvalue weighted by molar-refractivity contribution is 0.0670. The van der Waals surface area contributed by atoms with Crippen LogP contribution in [0.5, 0.6) is 0 Å². The normalized spacial score (nSPS) is 22.4. The minimum atomic E-state index is 0.147. The maximum atomic E-state index is 12.5. The molecular formula is C13H12BrN3O. The Morgan fingerprint density at radius 1 is 1.44 bits per heavy atom. The van der Waals surface area contributed by atoms with Crippen LogP contribution >= 0.6 is 15.9 Å². The number of rotatable bonds is 0. The minimum Gasteiger partial charge on any atom is -0.333 e. The number of carbonyl (C=O) groups excluding carboxylic acids is 1. The van der Waals surface area contributed by atoms with Gasteiger partial charge in [0.05, 0.1) is 16.0 Å². The van der Waals surface area contributed by atoms with Gasteiger partial charge in [0, 0.05) is 19.3 Å². The van der Waals surface area contributed by atoms with E-state index in [1.807, 2.05) is 17.0 Å². The zero-order valence-corrected chi connectivity index (χ0v) is 11.4. The molecule has 2 aromatic heterocycles. The van der Waals surface area contributed by atoms with Crippen LogP contribution in [0.3, 0.4) is 0 Å². The van der Waals surface area contributed by atoms with Gasteiger partial charge in [0.2, 0.25) is 0 Å². The zero-order valence-electron chi connectivity index (χ0n) is 9.77. The largest absolute Gasteiger partial charge is 0.333 e. The first-order valence-electron chi connectivity index (χ1n) is 6.21. The van der Waals surface area contributed by atoms with Gasteiger partial charge < -0.3 is 9.47 Å². The lowest BCUT2D eigenvalue weighted by Gasteiger charge is -2.31. The van der Waals surface area contributed by atoms with Crippen molar-refractivity contribution in [1.82, 2.24) is 14.5 Å². The van der Waals surface area contributed by atoms with E-state index in [1.165, 1.54) is 0 Å². The summed E-state index contributed by atoms with van der Waals surface area (Å²) >= 11 is 3.54. The van der Waals surface area contributed by atoms with E-state index in [1.54, 1.807) is 6.20 Å². The SMILES string of the molecule is O=C1c2c(Br)c3ncccc3n2C[C@H]2CCCN12. The molecule has 0 unspecified atom stereocenters. The third-order valence-corrected chi connectivity index (χ3v) is 4.75. The molecule has 1 atom stereocenters. The lowest BCUT2D eigenvalue weighted by atomic mass is 10.1. The van der Waals surface area contributed by atoms with E-state index in [4.69, 9.17) is 0 Å². The average Bonchev–Trinajstić information content (AvgIpc) is 2.96. The minimum absolute atomic E-state index is 0.147. The molecule has 5 heteroatoms. The van der Waals surface area contributed by atoms with Crippen LogP contribution in [-0.2, 0) is 6.54 Å². The Kier molecular flexibility index (Phi) is 2.09. The summed E-state index contributed by atoms with van der Waals surface area (Å²) in [5.74, 6) is 0.147. The van der Waals surface area contributed by atoms with Gasteiger partial charge in [-0.2, -0.15) is 0 Å². The first kappa shape index (κ1) is 10.6. The van der Waals surface area contributed by atoms with Crippen molar-refractivity contribution in [1.29, 1.82) is 0 Å². The molecule has 2 aliphatic heterocycles. The molecule has 2 aromatic rings. The number of hydrogen-bond acceptors (Lipinski definition) is 2. The number of hydrogen-bond donors (Lipinski definition) is 0. The summed E-state index contributed by atoms with van der Waals surface area (Å²) in [5, 5.41) is 0. The first-order chi connectivity index (χ1) is 8.77. The molecule has 1 fully saturated rings. The molecule has 4 nitrogen and oxygen atoms in total. The van der Waals surface area contributed by atoms with E-state index in [9.17, 15) is 4.79 Å². The van der Waals surface area contributed by atoms with Crippen molar-refractivity contribution >= 4 is 32.9 Å². The van der Waals surface area contributed by atoms with Crippen molar-refractivity contribution in [2.45, 2.75) is 25.4 Å². The maximum absolute atomic E-state index is 12.5. The molecule has 18 heavy (non-hydrogen) atoms. The Bertz CT molecular complexity index is 664. The number of amides is 1. The highest BCUT2D eigenvalue weighted by Crippen LogP contribution is 2.36. The zero-order chi connectivity index (χ0) is 12.3. The molecule has 1 saturated heterocycles. The van der Waals surface area contributed by atoms with Crippen molar-refractivity contribution in [2.24, 2.45) is 0 Å². The van der Waals surface area contributed by atoms with Crippen LogP contribution in [0.2, 0.25) is 0 Å². The van der Waals surface area contributed by atoms with Crippen molar-refractivity contribution in [3.63, 3.8) is 0 Å². The van der Waals surface area contributed by atoms with Gasteiger partial charge in [0.15, 0.2) is 0 Å². The van der Waals surface area contributed by atoms with Crippen LogP contribution in [0, 0.1) is 0 Å². The van der Waals surface area contributed by atoms with Crippen molar-refractivity contribution < 1.29 is 4.79 Å². The van der Waals surface area contributed by atoms with E-state index in [0.29, 0.717) is 6.04 Å². The van der Waals surface area contributed by atoms with Crippen LogP contribution in [0.25, 0.3) is 11.0 Å². The maximum Gasteiger partial charge on any atom is 0.272 e. The van der Waals surface area contributed by atoms with E-state index in [0.717, 1.165) is 47.1 Å². The van der Waals surface area contributed by atoms with E-state index in [2.05, 4.69) is 25.5 Å². The number of nitrogens with zero attached hydrogens (tertiary/aromatic N) is 3. The third-order valence-electron chi connectivity index (χ3n) is 4.00. The molecule has 4 rings (SSSR count). The first-order valence-corrected chi connectivity index (χ1v) is 7.00. The van der Waals surface area contributed by atoms with Gasteiger partial charge in [-0.15, -0.1) is 0 Å². The summed E-state index contributed by atoms with van der Waals surface area (Å²) in [7, 11) is 0. The lowest BCUT2D eigenvalue weighted by Crippen LogP contribution is -2.43. The fraction of sp³-hybridized carbons (Fsp3) is 0.385. The van der Waals surface area contributed by atoms with E-state index < -0.39 is 0 Å². The second-order valence-corrected chi connectivity index (χ2v) is 5.73. The monoisotopic (exact) mass is 305 g/mol. The number of carbonyl (C=O) groups is 1. The predicted molar refractivity (Wildman–Crippen MR) is 71.5 cm³/mol. The second-order valence-electron chi connectivity index (χ2n) is 4.94. The molecule has 4 heterocycles. The van der Waals surface area contributed by atoms with Gasteiger partial charge in [-0.1, -0.05) is 0 Å². The van der Waals surface area contributed by atoms with Gasteiger partial charge in [-0.25, -0.2) is 0 Å². The summed E-state index contributed by atoms with van der Waals surface area (Å²) in [4.78, 5) is 18.9. The van der Waals surface area contributed by atoms with Gasteiger partial charge in [-0.3, -0.25) is 9.78 Å². The van der Waals surface area contributed by atoms with E-state index in [-0.39, 0.29) is 5.91 Å². The molecule has 0 radical (unpaired) electrons. The Balaban J connectivity index is 2.02. The van der Waals surface area contributed by atoms with Gasteiger partial charge in [-0.05, 0) is 40.9 Å². The number of halogens is 1. The molecule has 0 bridgehead atoms. The summed E-state index contributed by atoms with van der Waals surface area (Å²) in [5.41, 5.74) is 2.71. The van der Waals surface area contributed by atoms with Crippen LogP contribution in [-0.4, -0.2) is 32.9 Å². The smallest absolute Gasteiger partial charge is 0.272 e.